The Labute approximate surface area is 169 Å². The first-order chi connectivity index (χ1) is 13.9. The van der Waals surface area contributed by atoms with E-state index in [4.69, 9.17) is 0 Å². The van der Waals surface area contributed by atoms with Gasteiger partial charge in [-0.25, -0.2) is 4.68 Å². The zero-order valence-corrected chi connectivity index (χ0v) is 16.2. The second-order valence-corrected chi connectivity index (χ2v) is 6.99. The van der Waals surface area contributed by atoms with Gasteiger partial charge in [0, 0.05) is 37.8 Å². The number of hydrogen-bond donors (Lipinski definition) is 1. The van der Waals surface area contributed by atoms with Gasteiger partial charge in [0.05, 0.1) is 21.2 Å². The molecule has 11 heteroatoms. The number of imide groups is 1. The number of non-ortho nitro benzene ring substituents is 1. The fraction of sp³-hybridized carbons (Fsp3) is 0.222. The number of nitrogens with zero attached hydrogens (tertiary/aromatic N) is 4. The maximum Gasteiger partial charge on any atom is 0.293 e. The predicted molar refractivity (Wildman–Crippen MR) is 106 cm³/mol. The number of nitro benzene ring substituents is 1. The molecule has 0 spiro atoms. The first-order valence-corrected chi connectivity index (χ1v) is 9.53. The molecule has 1 N–H and O–H groups in total. The van der Waals surface area contributed by atoms with Gasteiger partial charge in [-0.05, 0) is 43.0 Å². The molecule has 1 fully saturated rings. The summed E-state index contributed by atoms with van der Waals surface area (Å²) in [6.07, 6.45) is 3.19. The highest BCUT2D eigenvalue weighted by Gasteiger charge is 2.35. The highest BCUT2D eigenvalue weighted by Crippen LogP contribution is 2.32. The summed E-state index contributed by atoms with van der Waals surface area (Å²) in [6.45, 7) is 2.29. The molecule has 10 nitrogen and oxygen atoms in total. The summed E-state index contributed by atoms with van der Waals surface area (Å²) in [6, 6.07) is 7.52. The van der Waals surface area contributed by atoms with Crippen molar-refractivity contribution in [3.05, 3.63) is 57.2 Å². The van der Waals surface area contributed by atoms with Crippen LogP contribution in [0.5, 0.6) is 0 Å². The molecule has 1 saturated heterocycles. The number of hydrogen-bond acceptors (Lipinski definition) is 7. The Morgan fingerprint density at radius 2 is 2.00 bits per heavy atom. The molecule has 0 bridgehead atoms. The van der Waals surface area contributed by atoms with Crippen molar-refractivity contribution >= 4 is 40.6 Å². The van der Waals surface area contributed by atoms with Gasteiger partial charge in [-0.15, -0.1) is 0 Å². The summed E-state index contributed by atoms with van der Waals surface area (Å²) in [5, 5.41) is 17.2. The van der Waals surface area contributed by atoms with Crippen LogP contribution < -0.4 is 5.32 Å². The molecule has 0 saturated carbocycles. The Bertz CT molecular complexity index is 998. The number of carbonyl (C=O) groups excluding carboxylic acids is 3. The molecule has 0 aliphatic carbocycles. The summed E-state index contributed by atoms with van der Waals surface area (Å²) < 4.78 is 1.51. The van der Waals surface area contributed by atoms with Crippen LogP contribution in [0.4, 0.5) is 10.5 Å². The van der Waals surface area contributed by atoms with E-state index >= 15 is 0 Å². The van der Waals surface area contributed by atoms with E-state index in [0.717, 1.165) is 16.7 Å². The normalized spacial score (nSPS) is 15.2. The van der Waals surface area contributed by atoms with E-state index in [1.165, 1.54) is 22.9 Å². The van der Waals surface area contributed by atoms with Gasteiger partial charge in [-0.3, -0.25) is 29.4 Å². The zero-order valence-electron chi connectivity index (χ0n) is 15.4. The van der Waals surface area contributed by atoms with Crippen molar-refractivity contribution < 1.29 is 19.3 Å². The molecule has 2 aromatic rings. The summed E-state index contributed by atoms with van der Waals surface area (Å²) in [5.41, 5.74) is 1.05. The molecule has 29 heavy (non-hydrogen) atoms. The average molecular weight is 415 g/mol. The SMILES string of the molecule is CCNC(=O)CCN1C(=O)S/C(=C\c2ccn(-c3ccc([N+](=O)[O-])cc3)n2)C1=O. The van der Waals surface area contributed by atoms with Crippen LogP contribution in [0.1, 0.15) is 19.0 Å². The Morgan fingerprint density at radius 3 is 2.66 bits per heavy atom. The predicted octanol–water partition coefficient (Wildman–Crippen LogP) is 2.34. The first-order valence-electron chi connectivity index (χ1n) is 8.71. The van der Waals surface area contributed by atoms with E-state index in [0.29, 0.717) is 17.9 Å². The van der Waals surface area contributed by atoms with Crippen LogP contribution >= 0.6 is 11.8 Å². The fourth-order valence-corrected chi connectivity index (χ4v) is 3.46. The molecule has 150 valence electrons. The van der Waals surface area contributed by atoms with Gasteiger partial charge in [0.15, 0.2) is 0 Å². The molecule has 0 radical (unpaired) electrons. The topological polar surface area (TPSA) is 127 Å². The smallest absolute Gasteiger partial charge is 0.293 e. The van der Waals surface area contributed by atoms with Gasteiger partial charge in [-0.1, -0.05) is 0 Å². The molecule has 3 amide bonds. The van der Waals surface area contributed by atoms with Crippen molar-refractivity contribution in [2.75, 3.05) is 13.1 Å². The van der Waals surface area contributed by atoms with E-state index in [1.54, 1.807) is 31.3 Å². The molecule has 2 heterocycles. The van der Waals surface area contributed by atoms with Crippen LogP contribution in [0, 0.1) is 10.1 Å². The monoisotopic (exact) mass is 415 g/mol. The minimum Gasteiger partial charge on any atom is -0.356 e. The lowest BCUT2D eigenvalue weighted by Gasteiger charge is -2.11. The molecule has 1 aliphatic rings. The average Bonchev–Trinajstić information content (AvgIpc) is 3.26. The van der Waals surface area contributed by atoms with Crippen LogP contribution in [-0.2, 0) is 9.59 Å². The lowest BCUT2D eigenvalue weighted by atomic mass is 10.3. The fourth-order valence-electron chi connectivity index (χ4n) is 2.61. The van der Waals surface area contributed by atoms with Gasteiger partial charge in [0.2, 0.25) is 5.91 Å². The van der Waals surface area contributed by atoms with Gasteiger partial charge >= 0.3 is 0 Å². The quantitative estimate of drug-likeness (QED) is 0.418. The van der Waals surface area contributed by atoms with Crippen molar-refractivity contribution in [1.29, 1.82) is 0 Å². The number of benzene rings is 1. The molecule has 3 rings (SSSR count). The van der Waals surface area contributed by atoms with Crippen molar-refractivity contribution in [2.45, 2.75) is 13.3 Å². The number of amides is 3. The highest BCUT2D eigenvalue weighted by molar-refractivity contribution is 8.18. The largest absolute Gasteiger partial charge is 0.356 e. The number of rotatable bonds is 7. The Balaban J connectivity index is 1.71. The lowest BCUT2D eigenvalue weighted by Crippen LogP contribution is -2.33. The number of carbonyl (C=O) groups is 3. The van der Waals surface area contributed by atoms with Gasteiger partial charge in [-0.2, -0.15) is 5.10 Å². The van der Waals surface area contributed by atoms with E-state index < -0.39 is 16.1 Å². The molecule has 1 aromatic heterocycles. The van der Waals surface area contributed by atoms with Crippen LogP contribution in [0.3, 0.4) is 0 Å². The summed E-state index contributed by atoms with van der Waals surface area (Å²) in [5.74, 6) is -0.688. The van der Waals surface area contributed by atoms with E-state index in [1.807, 2.05) is 0 Å². The van der Waals surface area contributed by atoms with Crippen molar-refractivity contribution in [3.8, 4) is 5.69 Å². The van der Waals surface area contributed by atoms with Gasteiger partial charge in [0.1, 0.15) is 0 Å². The Hall–Kier alpha value is -3.47. The first kappa shape index (κ1) is 20.3. The number of nitro groups is 1. The maximum absolute atomic E-state index is 12.5. The Kier molecular flexibility index (Phi) is 6.07. The minimum atomic E-state index is -0.486. The summed E-state index contributed by atoms with van der Waals surface area (Å²) in [7, 11) is 0. The lowest BCUT2D eigenvalue weighted by molar-refractivity contribution is -0.384. The number of thioether (sulfide) groups is 1. The van der Waals surface area contributed by atoms with E-state index in [-0.39, 0.29) is 29.5 Å². The Morgan fingerprint density at radius 1 is 1.28 bits per heavy atom. The van der Waals surface area contributed by atoms with Crippen LogP contribution in [-0.4, -0.2) is 49.7 Å². The second-order valence-electron chi connectivity index (χ2n) is 6.00. The zero-order chi connectivity index (χ0) is 21.0. The summed E-state index contributed by atoms with van der Waals surface area (Å²) >= 11 is 0.794. The third-order valence-electron chi connectivity index (χ3n) is 4.02. The summed E-state index contributed by atoms with van der Waals surface area (Å²) in [4.78, 5) is 47.6. The van der Waals surface area contributed by atoms with Crippen molar-refractivity contribution in [2.24, 2.45) is 0 Å². The van der Waals surface area contributed by atoms with Crippen molar-refractivity contribution in [3.63, 3.8) is 0 Å². The number of nitrogens with one attached hydrogen (secondary N) is 1. The minimum absolute atomic E-state index is 0.0189. The molecular weight excluding hydrogens is 398 g/mol. The molecule has 1 aliphatic heterocycles. The standard InChI is InChI=1S/C18H17N5O5S/c1-2-19-16(24)8-9-21-17(25)15(29-18(21)26)11-12-7-10-22(20-12)13-3-5-14(6-4-13)23(27)28/h3-7,10-11H,2,8-9H2,1H3,(H,19,24)/b15-11-. The van der Waals surface area contributed by atoms with Crippen LogP contribution in [0.25, 0.3) is 11.8 Å². The maximum atomic E-state index is 12.5. The van der Waals surface area contributed by atoms with Crippen molar-refractivity contribution in [1.82, 2.24) is 20.0 Å². The molecule has 1 aromatic carbocycles. The third-order valence-corrected chi connectivity index (χ3v) is 4.93. The van der Waals surface area contributed by atoms with E-state index in [2.05, 4.69) is 10.4 Å². The van der Waals surface area contributed by atoms with Crippen LogP contribution in [0.15, 0.2) is 41.4 Å². The molecular formula is C18H17N5O5S. The van der Waals surface area contributed by atoms with Gasteiger partial charge in [0.25, 0.3) is 16.8 Å². The van der Waals surface area contributed by atoms with Crippen LogP contribution in [0.2, 0.25) is 0 Å². The van der Waals surface area contributed by atoms with E-state index in [9.17, 15) is 24.5 Å². The van der Waals surface area contributed by atoms with Gasteiger partial charge < -0.3 is 5.32 Å². The molecule has 0 atom stereocenters. The highest BCUT2D eigenvalue weighted by atomic mass is 32.2. The second kappa shape index (κ2) is 8.69. The third kappa shape index (κ3) is 4.69. The molecule has 0 unspecified atom stereocenters. The number of aromatic nitrogens is 2.